The van der Waals surface area contributed by atoms with E-state index in [1.165, 1.54) is 77.6 Å². The number of nitriles is 1. The summed E-state index contributed by atoms with van der Waals surface area (Å²) in [5.74, 6) is 1.40. The van der Waals surface area contributed by atoms with Crippen molar-refractivity contribution < 1.29 is 33.6 Å². The zero-order valence-corrected chi connectivity index (χ0v) is 35.5. The summed E-state index contributed by atoms with van der Waals surface area (Å²) in [5, 5.41) is 26.1. The van der Waals surface area contributed by atoms with Gasteiger partial charge in [0, 0.05) is 53.7 Å². The van der Waals surface area contributed by atoms with Crippen molar-refractivity contribution in [2.45, 2.75) is 168 Å². The SMILES string of the molecule is CCCCCCCCCCCCCCCC(C)C(=O)NC[C@H]1c2c(c(OC(C)=O)c(C)c3c2OCO3)CC2[C@H]3c4c(cc(C)c(OC)c4O)CC([C@H](C#N)N21)N3C. The summed E-state index contributed by atoms with van der Waals surface area (Å²) in [6.45, 7) is 9.67. The fraction of sp³-hybridized carbons (Fsp3) is 0.674. The van der Waals surface area contributed by atoms with Crippen molar-refractivity contribution in [3.8, 4) is 34.8 Å². The Kier molecular flexibility index (Phi) is 14.3. The van der Waals surface area contributed by atoms with Crippen LogP contribution in [0.25, 0.3) is 0 Å². The molecule has 11 heteroatoms. The lowest BCUT2D eigenvalue weighted by atomic mass is 9.71. The first-order valence-corrected chi connectivity index (χ1v) is 21.7. The zero-order chi connectivity index (χ0) is 40.8. The highest BCUT2D eigenvalue weighted by atomic mass is 16.7. The minimum atomic E-state index is -0.552. The maximum atomic E-state index is 13.8. The number of methoxy groups -OCH3 is 1. The molecule has 0 saturated carbocycles. The Labute approximate surface area is 340 Å². The fourth-order valence-corrected chi connectivity index (χ4v) is 10.3. The van der Waals surface area contributed by atoms with Gasteiger partial charge in [-0.25, -0.2) is 0 Å². The van der Waals surface area contributed by atoms with Gasteiger partial charge in [0.1, 0.15) is 11.8 Å². The molecule has 2 aromatic carbocycles. The molecular formula is C46H66N4O7. The van der Waals surface area contributed by atoms with E-state index in [1.807, 2.05) is 27.8 Å². The first kappa shape index (κ1) is 42.6. The van der Waals surface area contributed by atoms with Gasteiger partial charge >= 0.3 is 5.97 Å². The lowest BCUT2D eigenvalue weighted by Gasteiger charge is -2.60. The predicted octanol–water partition coefficient (Wildman–Crippen LogP) is 8.68. The Hall–Kier alpha value is -4.01. The number of unbranched alkanes of at least 4 members (excludes halogenated alkanes) is 12. The van der Waals surface area contributed by atoms with Gasteiger partial charge in [0.15, 0.2) is 23.0 Å². The number of amides is 1. The van der Waals surface area contributed by atoms with Crippen LogP contribution in [0.4, 0.5) is 0 Å². The van der Waals surface area contributed by atoms with Crippen LogP contribution in [-0.4, -0.2) is 72.4 Å². The summed E-state index contributed by atoms with van der Waals surface area (Å²) in [4.78, 5) is 30.9. The number of rotatable bonds is 19. The molecule has 4 heterocycles. The smallest absolute Gasteiger partial charge is 0.308 e. The number of hydrogen-bond acceptors (Lipinski definition) is 10. The van der Waals surface area contributed by atoms with Crippen molar-refractivity contribution in [1.29, 1.82) is 5.26 Å². The lowest BCUT2D eigenvalue weighted by molar-refractivity contribution is -0.132. The number of carbonyl (C=O) groups is 2. The molecule has 312 valence electrons. The predicted molar refractivity (Wildman–Crippen MR) is 220 cm³/mol. The van der Waals surface area contributed by atoms with Gasteiger partial charge in [-0.2, -0.15) is 5.26 Å². The summed E-state index contributed by atoms with van der Waals surface area (Å²) in [7, 11) is 3.59. The second-order valence-corrected chi connectivity index (χ2v) is 17.0. The Morgan fingerprint density at radius 1 is 0.947 bits per heavy atom. The van der Waals surface area contributed by atoms with E-state index in [0.717, 1.165) is 47.1 Å². The van der Waals surface area contributed by atoms with Crippen LogP contribution >= 0.6 is 0 Å². The Balaban J connectivity index is 1.21. The Morgan fingerprint density at radius 3 is 2.19 bits per heavy atom. The van der Waals surface area contributed by atoms with E-state index in [9.17, 15) is 20.0 Å². The zero-order valence-electron chi connectivity index (χ0n) is 35.5. The summed E-state index contributed by atoms with van der Waals surface area (Å²) < 4.78 is 23.8. The second kappa shape index (κ2) is 19.2. The molecule has 1 fully saturated rings. The molecule has 4 aliphatic heterocycles. The number of nitrogens with zero attached hydrogens (tertiary/aromatic N) is 3. The lowest BCUT2D eigenvalue weighted by Crippen LogP contribution is -2.68. The number of carbonyl (C=O) groups excluding carboxylic acids is 2. The number of ether oxygens (including phenoxy) is 4. The topological polar surface area (TPSA) is 134 Å². The number of likely N-dealkylation sites (N-methyl/N-ethyl adjacent to an activating group) is 1. The van der Waals surface area contributed by atoms with Gasteiger partial charge in [0.2, 0.25) is 12.7 Å². The van der Waals surface area contributed by atoms with Gasteiger partial charge in [-0.15, -0.1) is 0 Å². The molecule has 0 radical (unpaired) electrons. The largest absolute Gasteiger partial charge is 0.504 e. The summed E-state index contributed by atoms with van der Waals surface area (Å²) >= 11 is 0. The standard InChI is InChI=1S/C46H66N4O7/c1-8-9-10-11-12-13-14-15-16-17-18-19-20-21-28(2)46(53)48-26-37-39-33(43(57-31(5)51)30(4)44-45(39)56-27-55-44)24-35-40-38-32(22-29(3)42(54-7)41(38)52)23-34(49(40)6)36(25-47)50(35)37/h22,28,34-37,40,52H,8-21,23-24,26-27H2,1-7H3,(H,48,53)/t28?,34?,35?,36-,37-,40-/m0/s1. The van der Waals surface area contributed by atoms with Gasteiger partial charge in [-0.1, -0.05) is 103 Å². The van der Waals surface area contributed by atoms with E-state index in [2.05, 4.69) is 34.2 Å². The Bertz CT molecular complexity index is 1810. The number of benzene rings is 2. The molecule has 1 saturated heterocycles. The summed E-state index contributed by atoms with van der Waals surface area (Å²) in [6, 6.07) is 2.84. The normalized spacial score (nSPS) is 22.5. The molecule has 2 bridgehead atoms. The van der Waals surface area contributed by atoms with Gasteiger partial charge in [-0.3, -0.25) is 19.4 Å². The van der Waals surface area contributed by atoms with Crippen molar-refractivity contribution >= 4 is 11.9 Å². The second-order valence-electron chi connectivity index (χ2n) is 17.0. The number of piperazine rings is 1. The van der Waals surface area contributed by atoms with Crippen LogP contribution in [0, 0.1) is 31.1 Å². The first-order chi connectivity index (χ1) is 27.5. The molecule has 2 N–H and O–H groups in total. The Morgan fingerprint density at radius 2 is 1.58 bits per heavy atom. The number of aromatic hydroxyl groups is 1. The molecule has 1 amide bonds. The maximum Gasteiger partial charge on any atom is 0.308 e. The highest BCUT2D eigenvalue weighted by Gasteiger charge is 2.57. The van der Waals surface area contributed by atoms with Crippen LogP contribution in [0.2, 0.25) is 0 Å². The number of phenols is 1. The summed E-state index contributed by atoms with van der Waals surface area (Å²) in [6.07, 6.45) is 18.5. The molecule has 11 nitrogen and oxygen atoms in total. The molecule has 2 aromatic rings. The van der Waals surface area contributed by atoms with Crippen LogP contribution in [-0.2, 0) is 22.4 Å². The first-order valence-electron chi connectivity index (χ1n) is 21.7. The average molecular weight is 787 g/mol. The molecule has 0 aromatic heterocycles. The van der Waals surface area contributed by atoms with Gasteiger partial charge < -0.3 is 29.4 Å². The fourth-order valence-electron chi connectivity index (χ4n) is 10.3. The molecule has 6 atom stereocenters. The van der Waals surface area contributed by atoms with E-state index in [4.69, 9.17) is 18.9 Å². The third-order valence-electron chi connectivity index (χ3n) is 13.2. The molecular weight excluding hydrogens is 721 g/mol. The van der Waals surface area contributed by atoms with E-state index in [1.54, 1.807) is 7.11 Å². The average Bonchev–Trinajstić information content (AvgIpc) is 3.68. The minimum Gasteiger partial charge on any atom is -0.504 e. The number of fused-ring (bicyclic) bond motifs is 9. The highest BCUT2D eigenvalue weighted by molar-refractivity contribution is 5.78. The number of nitrogens with one attached hydrogen (secondary N) is 1. The minimum absolute atomic E-state index is 0.0147. The van der Waals surface area contributed by atoms with Crippen LogP contribution in [0.5, 0.6) is 28.7 Å². The number of esters is 1. The number of phenolic OH excluding ortho intramolecular Hbond substituents is 1. The molecule has 4 aliphatic rings. The van der Waals surface area contributed by atoms with Gasteiger partial charge in [0.05, 0.1) is 25.3 Å². The quantitative estimate of drug-likeness (QED) is 0.0810. The van der Waals surface area contributed by atoms with E-state index < -0.39 is 18.1 Å². The molecule has 6 rings (SSSR count). The van der Waals surface area contributed by atoms with Crippen LogP contribution in [0.3, 0.4) is 0 Å². The monoisotopic (exact) mass is 786 g/mol. The number of aryl methyl sites for hydroxylation is 1. The molecule has 3 unspecified atom stereocenters. The van der Waals surface area contributed by atoms with Crippen LogP contribution in [0.15, 0.2) is 6.07 Å². The van der Waals surface area contributed by atoms with E-state index in [0.29, 0.717) is 41.4 Å². The number of hydrogen-bond donors (Lipinski definition) is 2. The van der Waals surface area contributed by atoms with Crippen molar-refractivity contribution in [2.24, 2.45) is 5.92 Å². The van der Waals surface area contributed by atoms with Crippen molar-refractivity contribution in [1.82, 2.24) is 15.1 Å². The van der Waals surface area contributed by atoms with Crippen molar-refractivity contribution in [3.05, 3.63) is 39.4 Å². The maximum absolute atomic E-state index is 13.8. The van der Waals surface area contributed by atoms with E-state index in [-0.39, 0.29) is 49.0 Å². The third-order valence-corrected chi connectivity index (χ3v) is 13.2. The molecule has 0 spiro atoms. The third kappa shape index (κ3) is 8.73. The molecule has 57 heavy (non-hydrogen) atoms. The van der Waals surface area contributed by atoms with Gasteiger partial charge in [0.25, 0.3) is 0 Å². The van der Waals surface area contributed by atoms with Gasteiger partial charge in [-0.05, 0) is 51.3 Å². The van der Waals surface area contributed by atoms with Crippen molar-refractivity contribution in [2.75, 3.05) is 27.5 Å². The highest BCUT2D eigenvalue weighted by Crippen LogP contribution is 2.58. The molecule has 0 aliphatic carbocycles. The van der Waals surface area contributed by atoms with Crippen LogP contribution in [0.1, 0.15) is 156 Å². The van der Waals surface area contributed by atoms with Crippen LogP contribution < -0.4 is 24.3 Å². The van der Waals surface area contributed by atoms with E-state index >= 15 is 0 Å². The summed E-state index contributed by atoms with van der Waals surface area (Å²) in [5.41, 5.74) is 4.86. The van der Waals surface area contributed by atoms with Crippen molar-refractivity contribution in [3.63, 3.8) is 0 Å².